The van der Waals surface area contributed by atoms with Gasteiger partial charge in [0.2, 0.25) is 5.89 Å². The van der Waals surface area contributed by atoms with Crippen LogP contribution in [0.1, 0.15) is 31.2 Å². The van der Waals surface area contributed by atoms with Gasteiger partial charge in [-0.3, -0.25) is 0 Å². The van der Waals surface area contributed by atoms with Crippen LogP contribution in [0.15, 0.2) is 27.4 Å². The molecule has 0 bridgehead atoms. The van der Waals surface area contributed by atoms with E-state index in [1.165, 1.54) is 12.1 Å². The number of carbonyl (C=O) groups is 1. The second-order valence-electron chi connectivity index (χ2n) is 6.72. The molecule has 2 aromatic rings. The molecule has 1 aromatic heterocycles. The van der Waals surface area contributed by atoms with Crippen molar-refractivity contribution in [2.24, 2.45) is 5.92 Å². The Kier molecular flexibility index (Phi) is 5.61. The Morgan fingerprint density at radius 2 is 2.00 bits per heavy atom. The predicted octanol–water partition coefficient (Wildman–Crippen LogP) is 3.29. The quantitative estimate of drug-likeness (QED) is 0.611. The van der Waals surface area contributed by atoms with Gasteiger partial charge < -0.3 is 20.2 Å². The molecule has 1 heterocycles. The summed E-state index contributed by atoms with van der Waals surface area (Å²) in [6, 6.07) is 3.21. The maximum absolute atomic E-state index is 13.4. The van der Waals surface area contributed by atoms with Crippen molar-refractivity contribution >= 4 is 11.8 Å². The second-order valence-corrected chi connectivity index (χ2v) is 6.72. The van der Waals surface area contributed by atoms with E-state index in [1.54, 1.807) is 0 Å². The van der Waals surface area contributed by atoms with Gasteiger partial charge in [-0.15, -0.1) is 5.10 Å². The van der Waals surface area contributed by atoms with Gasteiger partial charge in [-0.1, -0.05) is 0 Å². The lowest BCUT2D eigenvalue weighted by Gasteiger charge is -2.30. The summed E-state index contributed by atoms with van der Waals surface area (Å²) in [5.41, 5.74) is -0.681. The summed E-state index contributed by atoms with van der Waals surface area (Å²) >= 11 is 0. The third-order valence-corrected chi connectivity index (χ3v) is 4.76. The highest BCUT2D eigenvalue weighted by molar-refractivity contribution is 5.65. The van der Waals surface area contributed by atoms with Crippen molar-refractivity contribution in [1.82, 2.24) is 15.5 Å². The minimum absolute atomic E-state index is 0.0924. The van der Waals surface area contributed by atoms with Gasteiger partial charge in [0.1, 0.15) is 0 Å². The number of carboxylic acid groups (broad SMARTS) is 1. The summed E-state index contributed by atoms with van der Waals surface area (Å²) in [5, 5.41) is 19.7. The minimum atomic E-state index is -4.55. The number of hydrogen-bond donors (Lipinski definition) is 4. The van der Waals surface area contributed by atoms with Crippen LogP contribution in [-0.2, 0) is 6.18 Å². The Balaban J connectivity index is 1.74. The normalized spacial score (nSPS) is 20.0. The molecule has 1 aliphatic carbocycles. The smallest absolute Gasteiger partial charge is 0.434 e. The van der Waals surface area contributed by atoms with Crippen LogP contribution in [0, 0.1) is 5.92 Å². The van der Waals surface area contributed by atoms with E-state index in [0.717, 1.165) is 6.07 Å². The van der Waals surface area contributed by atoms with Crippen LogP contribution in [0.3, 0.4) is 0 Å². The lowest BCUT2D eigenvalue weighted by molar-refractivity contribution is -0.137. The second kappa shape index (κ2) is 7.95. The van der Waals surface area contributed by atoms with Crippen LogP contribution in [0.2, 0.25) is 0 Å². The minimum Gasteiger partial charge on any atom is -0.465 e. The summed E-state index contributed by atoms with van der Waals surface area (Å²) in [6.07, 6.45) is -3.00. The van der Waals surface area contributed by atoms with E-state index in [9.17, 15) is 22.8 Å². The van der Waals surface area contributed by atoms with Crippen molar-refractivity contribution in [3.8, 4) is 11.5 Å². The van der Waals surface area contributed by atoms with Gasteiger partial charge in [0.05, 0.1) is 5.56 Å². The number of alkyl halides is 3. The van der Waals surface area contributed by atoms with E-state index < -0.39 is 23.6 Å². The van der Waals surface area contributed by atoms with E-state index >= 15 is 0 Å². The van der Waals surface area contributed by atoms with E-state index in [4.69, 9.17) is 9.52 Å². The molecular weight excluding hydrogens is 381 g/mol. The van der Waals surface area contributed by atoms with Gasteiger partial charge in [0.25, 0.3) is 0 Å². The van der Waals surface area contributed by atoms with Crippen LogP contribution in [-0.4, -0.2) is 34.0 Å². The molecule has 8 nitrogen and oxygen atoms in total. The number of halogens is 3. The van der Waals surface area contributed by atoms with Crippen LogP contribution in [0.25, 0.3) is 11.5 Å². The number of H-pyrrole nitrogens is 1. The standard InChI is InChI=1S/C17H19F3N4O4/c18-17(19,20)12-6-3-10(14-23-24-16(27)28-14)7-13(12)22-11-4-1-9(2-5-11)8-21-15(25)26/h3,6-7,9,11,21-22H,1-2,4-5,8H2,(H,24,27)(H,25,26)/t9-,11-. The molecule has 152 valence electrons. The van der Waals surface area contributed by atoms with Gasteiger partial charge >= 0.3 is 18.0 Å². The number of nitrogens with one attached hydrogen (secondary N) is 3. The first-order valence-electron chi connectivity index (χ1n) is 8.73. The van der Waals surface area contributed by atoms with Gasteiger partial charge in [-0.2, -0.15) is 13.2 Å². The number of amides is 1. The summed E-state index contributed by atoms with van der Waals surface area (Å²) in [6.45, 7) is 0.337. The molecular formula is C17H19F3N4O4. The molecule has 4 N–H and O–H groups in total. The first-order valence-corrected chi connectivity index (χ1v) is 8.73. The third-order valence-electron chi connectivity index (χ3n) is 4.76. The fourth-order valence-corrected chi connectivity index (χ4v) is 3.36. The van der Waals surface area contributed by atoms with Gasteiger partial charge in [-0.05, 0) is 49.8 Å². The zero-order valence-corrected chi connectivity index (χ0v) is 14.7. The summed E-state index contributed by atoms with van der Waals surface area (Å²) < 4.78 is 45.0. The maximum Gasteiger partial charge on any atom is 0.434 e. The molecule has 0 unspecified atom stereocenters. The van der Waals surface area contributed by atoms with Crippen molar-refractivity contribution < 1.29 is 27.5 Å². The molecule has 11 heteroatoms. The number of rotatable bonds is 5. The SMILES string of the molecule is O=C(O)NC[C@H]1CC[C@H](Nc2cc(-c3n[nH]c(=O)o3)ccc2C(F)(F)F)CC1. The Labute approximate surface area is 157 Å². The topological polar surface area (TPSA) is 120 Å². The molecule has 0 atom stereocenters. The molecule has 0 spiro atoms. The zero-order valence-electron chi connectivity index (χ0n) is 14.7. The van der Waals surface area contributed by atoms with Gasteiger partial charge in [-0.25, -0.2) is 14.7 Å². The Morgan fingerprint density at radius 1 is 1.29 bits per heavy atom. The predicted molar refractivity (Wildman–Crippen MR) is 93.0 cm³/mol. The summed E-state index contributed by atoms with van der Waals surface area (Å²) in [4.78, 5) is 21.7. The van der Waals surface area contributed by atoms with Gasteiger partial charge in [0, 0.05) is 23.8 Å². The Bertz CT molecular complexity index is 885. The fourth-order valence-electron chi connectivity index (χ4n) is 3.36. The fraction of sp³-hybridized carbons (Fsp3) is 0.471. The summed E-state index contributed by atoms with van der Waals surface area (Å²) in [5.74, 6) is -0.719. The average Bonchev–Trinajstić information content (AvgIpc) is 3.06. The highest BCUT2D eigenvalue weighted by Gasteiger charge is 2.34. The lowest BCUT2D eigenvalue weighted by Crippen LogP contribution is -2.33. The third kappa shape index (κ3) is 4.84. The monoisotopic (exact) mass is 400 g/mol. The van der Waals surface area contributed by atoms with E-state index in [2.05, 4.69) is 20.8 Å². The molecule has 1 aliphatic rings. The lowest BCUT2D eigenvalue weighted by atomic mass is 9.85. The maximum atomic E-state index is 13.4. The van der Waals surface area contributed by atoms with Crippen LogP contribution < -0.4 is 16.4 Å². The average molecular weight is 400 g/mol. The highest BCUT2D eigenvalue weighted by Crippen LogP contribution is 2.38. The number of aromatic amines is 1. The molecule has 0 aliphatic heterocycles. The van der Waals surface area contributed by atoms with E-state index in [0.29, 0.717) is 32.2 Å². The van der Waals surface area contributed by atoms with Crippen molar-refractivity contribution in [2.75, 3.05) is 11.9 Å². The van der Waals surface area contributed by atoms with Crippen LogP contribution >= 0.6 is 0 Å². The number of benzene rings is 1. The number of aromatic nitrogens is 2. The molecule has 1 fully saturated rings. The number of anilines is 1. The molecule has 1 amide bonds. The van der Waals surface area contributed by atoms with Crippen molar-refractivity contribution in [3.05, 3.63) is 34.3 Å². The molecule has 3 rings (SSSR count). The number of nitrogens with zero attached hydrogens (tertiary/aromatic N) is 1. The largest absolute Gasteiger partial charge is 0.465 e. The van der Waals surface area contributed by atoms with Crippen molar-refractivity contribution in [2.45, 2.75) is 37.9 Å². The van der Waals surface area contributed by atoms with Crippen molar-refractivity contribution in [1.29, 1.82) is 0 Å². The van der Waals surface area contributed by atoms with E-state index in [-0.39, 0.29) is 29.1 Å². The molecule has 28 heavy (non-hydrogen) atoms. The molecule has 0 radical (unpaired) electrons. The molecule has 1 saturated carbocycles. The van der Waals surface area contributed by atoms with E-state index in [1.807, 2.05) is 0 Å². The number of hydrogen-bond acceptors (Lipinski definition) is 5. The van der Waals surface area contributed by atoms with Gasteiger partial charge in [0.15, 0.2) is 0 Å². The van der Waals surface area contributed by atoms with Crippen LogP contribution in [0.5, 0.6) is 0 Å². The molecule has 0 saturated heterocycles. The first kappa shape index (κ1) is 19.8. The Morgan fingerprint density at radius 3 is 2.57 bits per heavy atom. The zero-order chi connectivity index (χ0) is 20.3. The van der Waals surface area contributed by atoms with Crippen molar-refractivity contribution in [3.63, 3.8) is 0 Å². The first-order chi connectivity index (χ1) is 13.2. The highest BCUT2D eigenvalue weighted by atomic mass is 19.4. The summed E-state index contributed by atoms with van der Waals surface area (Å²) in [7, 11) is 0. The van der Waals surface area contributed by atoms with Crippen LogP contribution in [0.4, 0.5) is 23.7 Å². The molecule has 1 aromatic carbocycles. The Hall–Kier alpha value is -2.98.